The fourth-order valence-corrected chi connectivity index (χ4v) is 2.70. The zero-order valence-electron chi connectivity index (χ0n) is 15.6. The SMILES string of the molecule is COc1cc(C(=O)NC(C)(CN)C2CC2)ccc1OCCC(C)C.Cl. The third-order valence-corrected chi connectivity index (χ3v) is 4.68. The molecule has 1 aliphatic rings. The average molecular weight is 371 g/mol. The first-order chi connectivity index (χ1) is 11.4. The number of nitrogens with two attached hydrogens (primary N) is 1. The van der Waals surface area contributed by atoms with Gasteiger partial charge in [-0.05, 0) is 56.2 Å². The van der Waals surface area contributed by atoms with Crippen LogP contribution in [0.15, 0.2) is 18.2 Å². The second-order valence-electron chi connectivity index (χ2n) is 7.25. The smallest absolute Gasteiger partial charge is 0.251 e. The van der Waals surface area contributed by atoms with Crippen molar-refractivity contribution in [1.29, 1.82) is 0 Å². The highest BCUT2D eigenvalue weighted by molar-refractivity contribution is 5.95. The third kappa shape index (κ3) is 5.79. The van der Waals surface area contributed by atoms with Gasteiger partial charge in [0.25, 0.3) is 5.91 Å². The van der Waals surface area contributed by atoms with Crippen molar-refractivity contribution in [2.75, 3.05) is 20.3 Å². The van der Waals surface area contributed by atoms with E-state index in [1.165, 1.54) is 0 Å². The molecule has 0 bridgehead atoms. The second kappa shape index (κ2) is 9.30. The molecule has 1 aromatic rings. The van der Waals surface area contributed by atoms with Crippen molar-refractivity contribution in [2.24, 2.45) is 17.6 Å². The Morgan fingerprint density at radius 3 is 2.56 bits per heavy atom. The molecule has 1 atom stereocenters. The summed E-state index contributed by atoms with van der Waals surface area (Å²) in [6.45, 7) is 7.40. The number of halogens is 1. The molecule has 0 heterocycles. The number of ether oxygens (including phenoxy) is 2. The van der Waals surface area contributed by atoms with Gasteiger partial charge in [0, 0.05) is 12.1 Å². The first kappa shape index (κ1) is 21.6. The molecular weight excluding hydrogens is 340 g/mol. The number of hydrogen-bond acceptors (Lipinski definition) is 4. The van der Waals surface area contributed by atoms with Crippen molar-refractivity contribution in [1.82, 2.24) is 5.32 Å². The predicted molar refractivity (Wildman–Crippen MR) is 103 cm³/mol. The van der Waals surface area contributed by atoms with Crippen molar-refractivity contribution in [3.05, 3.63) is 23.8 Å². The Labute approximate surface area is 157 Å². The minimum Gasteiger partial charge on any atom is -0.493 e. The summed E-state index contributed by atoms with van der Waals surface area (Å²) < 4.78 is 11.1. The molecular formula is C19H31ClN2O3. The van der Waals surface area contributed by atoms with Crippen LogP contribution in [0.3, 0.4) is 0 Å². The first-order valence-electron chi connectivity index (χ1n) is 8.73. The molecule has 25 heavy (non-hydrogen) atoms. The quantitative estimate of drug-likeness (QED) is 0.698. The van der Waals surface area contributed by atoms with Crippen molar-refractivity contribution < 1.29 is 14.3 Å². The van der Waals surface area contributed by atoms with E-state index in [4.69, 9.17) is 15.2 Å². The molecule has 1 unspecified atom stereocenters. The topological polar surface area (TPSA) is 73.6 Å². The Bertz CT molecular complexity index is 576. The van der Waals surface area contributed by atoms with E-state index in [9.17, 15) is 4.79 Å². The minimum atomic E-state index is -0.337. The fourth-order valence-electron chi connectivity index (χ4n) is 2.70. The van der Waals surface area contributed by atoms with Crippen molar-refractivity contribution >= 4 is 18.3 Å². The zero-order valence-corrected chi connectivity index (χ0v) is 16.4. The van der Waals surface area contributed by atoms with Gasteiger partial charge in [-0.3, -0.25) is 4.79 Å². The van der Waals surface area contributed by atoms with Crippen molar-refractivity contribution in [2.45, 2.75) is 45.6 Å². The lowest BCUT2D eigenvalue weighted by Crippen LogP contribution is -2.53. The molecule has 1 fully saturated rings. The number of hydrogen-bond donors (Lipinski definition) is 2. The number of benzene rings is 1. The van der Waals surface area contributed by atoms with Gasteiger partial charge in [0.05, 0.1) is 19.3 Å². The van der Waals surface area contributed by atoms with Gasteiger partial charge in [-0.2, -0.15) is 0 Å². The van der Waals surface area contributed by atoms with Gasteiger partial charge >= 0.3 is 0 Å². The first-order valence-corrected chi connectivity index (χ1v) is 8.73. The molecule has 2 rings (SSSR count). The molecule has 6 heteroatoms. The second-order valence-corrected chi connectivity index (χ2v) is 7.25. The molecule has 0 radical (unpaired) electrons. The lowest BCUT2D eigenvalue weighted by molar-refractivity contribution is 0.0897. The van der Waals surface area contributed by atoms with Crippen LogP contribution in [0.5, 0.6) is 11.5 Å². The summed E-state index contributed by atoms with van der Waals surface area (Å²) in [5.74, 6) is 2.18. The Hall–Kier alpha value is -1.46. The molecule has 142 valence electrons. The Balaban J connectivity index is 0.00000312. The van der Waals surface area contributed by atoms with E-state index in [-0.39, 0.29) is 23.9 Å². The van der Waals surface area contributed by atoms with E-state index < -0.39 is 0 Å². The summed E-state index contributed by atoms with van der Waals surface area (Å²) in [5.41, 5.74) is 6.10. The van der Waals surface area contributed by atoms with Crippen LogP contribution in [0.2, 0.25) is 0 Å². The zero-order chi connectivity index (χ0) is 17.7. The van der Waals surface area contributed by atoms with E-state index in [2.05, 4.69) is 19.2 Å². The van der Waals surface area contributed by atoms with Crippen LogP contribution in [-0.2, 0) is 0 Å². The normalized spacial score (nSPS) is 15.9. The van der Waals surface area contributed by atoms with Gasteiger partial charge in [-0.15, -0.1) is 12.4 Å². The monoisotopic (exact) mass is 370 g/mol. The maximum atomic E-state index is 12.6. The maximum Gasteiger partial charge on any atom is 0.251 e. The van der Waals surface area contributed by atoms with Gasteiger partial charge in [0.1, 0.15) is 0 Å². The summed E-state index contributed by atoms with van der Waals surface area (Å²) in [5, 5.41) is 3.09. The molecule has 1 saturated carbocycles. The number of amides is 1. The Morgan fingerprint density at radius 2 is 2.04 bits per heavy atom. The van der Waals surface area contributed by atoms with Crippen molar-refractivity contribution in [3.8, 4) is 11.5 Å². The van der Waals surface area contributed by atoms with E-state index in [1.54, 1.807) is 25.3 Å². The van der Waals surface area contributed by atoms with Crippen LogP contribution in [0, 0.1) is 11.8 Å². The molecule has 3 N–H and O–H groups in total. The number of carbonyl (C=O) groups is 1. The van der Waals surface area contributed by atoms with Gasteiger partial charge in [-0.25, -0.2) is 0 Å². The maximum absolute atomic E-state index is 12.6. The van der Waals surface area contributed by atoms with Gasteiger partial charge in [0.2, 0.25) is 0 Å². The average Bonchev–Trinajstić information content (AvgIpc) is 3.39. The number of nitrogens with one attached hydrogen (secondary N) is 1. The minimum absolute atomic E-state index is 0. The molecule has 5 nitrogen and oxygen atoms in total. The fraction of sp³-hybridized carbons (Fsp3) is 0.632. The summed E-state index contributed by atoms with van der Waals surface area (Å²) in [7, 11) is 1.58. The number of rotatable bonds is 9. The lowest BCUT2D eigenvalue weighted by Gasteiger charge is -2.29. The van der Waals surface area contributed by atoms with Crippen LogP contribution in [0.1, 0.15) is 50.4 Å². The molecule has 0 saturated heterocycles. The number of carbonyl (C=O) groups excluding carboxylic acids is 1. The van der Waals surface area contributed by atoms with E-state index in [0.717, 1.165) is 19.3 Å². The van der Waals surface area contributed by atoms with E-state index in [0.29, 0.717) is 42.0 Å². The highest BCUT2D eigenvalue weighted by Crippen LogP contribution is 2.39. The van der Waals surface area contributed by atoms with Crippen molar-refractivity contribution in [3.63, 3.8) is 0 Å². The molecule has 0 aliphatic heterocycles. The van der Waals surface area contributed by atoms with Crippen LogP contribution in [-0.4, -0.2) is 31.7 Å². The van der Waals surface area contributed by atoms with Crippen LogP contribution < -0.4 is 20.5 Å². The Morgan fingerprint density at radius 1 is 1.36 bits per heavy atom. The molecule has 1 amide bonds. The summed E-state index contributed by atoms with van der Waals surface area (Å²) in [4.78, 5) is 12.6. The lowest BCUT2D eigenvalue weighted by atomic mass is 9.95. The van der Waals surface area contributed by atoms with Gasteiger partial charge in [-0.1, -0.05) is 13.8 Å². The predicted octanol–water partition coefficient (Wildman–Crippen LogP) is 3.40. The highest BCUT2D eigenvalue weighted by Gasteiger charge is 2.41. The molecule has 0 aromatic heterocycles. The van der Waals surface area contributed by atoms with Gasteiger partial charge < -0.3 is 20.5 Å². The largest absolute Gasteiger partial charge is 0.493 e. The molecule has 1 aromatic carbocycles. The van der Waals surface area contributed by atoms with Crippen LogP contribution in [0.25, 0.3) is 0 Å². The third-order valence-electron chi connectivity index (χ3n) is 4.68. The van der Waals surface area contributed by atoms with Gasteiger partial charge in [0.15, 0.2) is 11.5 Å². The van der Waals surface area contributed by atoms with E-state index in [1.807, 2.05) is 6.92 Å². The Kier molecular flexibility index (Phi) is 8.03. The summed E-state index contributed by atoms with van der Waals surface area (Å²) >= 11 is 0. The van der Waals surface area contributed by atoms with Crippen LogP contribution >= 0.6 is 12.4 Å². The number of methoxy groups -OCH3 is 1. The molecule has 1 aliphatic carbocycles. The van der Waals surface area contributed by atoms with Crippen LogP contribution in [0.4, 0.5) is 0 Å². The summed E-state index contributed by atoms with van der Waals surface area (Å²) in [6.07, 6.45) is 3.22. The standard InChI is InChI=1S/C19H30N2O3.ClH/c1-13(2)9-10-24-16-8-5-14(11-17(16)23-4)18(22)21-19(3,12-20)15-6-7-15;/h5,8,11,13,15H,6-7,9-10,12,20H2,1-4H3,(H,21,22);1H. The highest BCUT2D eigenvalue weighted by atomic mass is 35.5. The summed E-state index contributed by atoms with van der Waals surface area (Å²) in [6, 6.07) is 5.29. The van der Waals surface area contributed by atoms with E-state index >= 15 is 0 Å². The molecule has 0 spiro atoms.